The number of hydrogen-bond donors (Lipinski definition) is 3. The summed E-state index contributed by atoms with van der Waals surface area (Å²) in [6, 6.07) is 19.8. The van der Waals surface area contributed by atoms with Crippen molar-refractivity contribution in [3.63, 3.8) is 0 Å². The van der Waals surface area contributed by atoms with Crippen LogP contribution in [0.2, 0.25) is 0 Å². The van der Waals surface area contributed by atoms with E-state index in [1.807, 2.05) is 65.7 Å². The Morgan fingerprint density at radius 2 is 1.92 bits per heavy atom. The number of nitrogens with one attached hydrogen (secondary N) is 2. The first-order valence-corrected chi connectivity index (χ1v) is 13.6. The minimum atomic E-state index is -0.641. The summed E-state index contributed by atoms with van der Waals surface area (Å²) < 4.78 is 11.9. The number of pyridine rings is 1. The molecule has 1 fully saturated rings. The molecule has 0 radical (unpaired) electrons. The smallest absolute Gasteiger partial charge is 0.264 e. The molecule has 0 saturated carbocycles. The highest BCUT2D eigenvalue weighted by molar-refractivity contribution is 5.89. The van der Waals surface area contributed by atoms with E-state index in [-0.39, 0.29) is 11.9 Å². The van der Waals surface area contributed by atoms with Gasteiger partial charge in [-0.05, 0) is 36.6 Å². The standard InChI is InChI=1S/C31H36N4O4/c1-22(33-21-27(36)24-9-6-12-32-19-24)17-25-20-34-30-26(25)10-5-11-28(30)39-29(18-23-7-3-2-4-8-23)31(37)35-13-15-38-16-14-35/h2-12,19-20,22,27,29,33-34,36H,13-18,21H2,1H3/t22-,27+,29-/m1/s1. The van der Waals surface area contributed by atoms with Crippen LogP contribution in [0.3, 0.4) is 0 Å². The van der Waals surface area contributed by atoms with E-state index in [1.165, 1.54) is 0 Å². The summed E-state index contributed by atoms with van der Waals surface area (Å²) in [6.45, 7) is 4.78. The monoisotopic (exact) mass is 528 g/mol. The maximum absolute atomic E-state index is 13.5. The zero-order valence-corrected chi connectivity index (χ0v) is 22.3. The van der Waals surface area contributed by atoms with Gasteiger partial charge in [0.15, 0.2) is 6.10 Å². The Hall–Kier alpha value is -3.72. The number of aromatic amines is 1. The molecule has 2 aromatic carbocycles. The largest absolute Gasteiger partial charge is 0.478 e. The molecule has 204 valence electrons. The normalized spacial score (nSPS) is 16.1. The number of benzene rings is 2. The van der Waals surface area contributed by atoms with Gasteiger partial charge in [-0.2, -0.15) is 0 Å². The molecule has 4 aromatic rings. The first-order valence-electron chi connectivity index (χ1n) is 13.6. The number of morpholine rings is 1. The summed E-state index contributed by atoms with van der Waals surface area (Å²) in [5.41, 5.74) is 3.87. The topological polar surface area (TPSA) is 99.7 Å². The molecule has 8 nitrogen and oxygen atoms in total. The maximum Gasteiger partial charge on any atom is 0.264 e. The number of carbonyl (C=O) groups is 1. The van der Waals surface area contributed by atoms with Crippen LogP contribution >= 0.6 is 0 Å². The van der Waals surface area contributed by atoms with Gasteiger partial charge < -0.3 is 29.8 Å². The third kappa shape index (κ3) is 6.84. The van der Waals surface area contributed by atoms with Crippen molar-refractivity contribution < 1.29 is 19.4 Å². The van der Waals surface area contributed by atoms with Crippen molar-refractivity contribution in [1.29, 1.82) is 0 Å². The number of fused-ring (bicyclic) bond motifs is 1. The SMILES string of the molecule is C[C@H](Cc1c[nH]c2c(O[C@H](Cc3ccccc3)C(=O)N3CCOCC3)cccc12)NC[C@H](O)c1cccnc1. The molecular formula is C31H36N4O4. The van der Waals surface area contributed by atoms with Crippen molar-refractivity contribution >= 4 is 16.8 Å². The Kier molecular flexibility index (Phi) is 8.88. The molecular weight excluding hydrogens is 492 g/mol. The van der Waals surface area contributed by atoms with Gasteiger partial charge in [-0.3, -0.25) is 9.78 Å². The fourth-order valence-electron chi connectivity index (χ4n) is 5.01. The second-order valence-corrected chi connectivity index (χ2v) is 10.0. The van der Waals surface area contributed by atoms with Crippen LogP contribution < -0.4 is 10.1 Å². The highest BCUT2D eigenvalue weighted by atomic mass is 16.5. The minimum Gasteiger partial charge on any atom is -0.478 e. The van der Waals surface area contributed by atoms with Crippen molar-refractivity contribution in [1.82, 2.24) is 20.2 Å². The highest BCUT2D eigenvalue weighted by Crippen LogP contribution is 2.29. The number of carbonyl (C=O) groups excluding carboxylic acids is 1. The van der Waals surface area contributed by atoms with Crippen molar-refractivity contribution in [2.24, 2.45) is 0 Å². The first-order chi connectivity index (χ1) is 19.1. The fraction of sp³-hybridized carbons (Fsp3) is 0.355. The number of ether oxygens (including phenoxy) is 2. The van der Waals surface area contributed by atoms with Crippen LogP contribution in [0.1, 0.15) is 29.7 Å². The van der Waals surface area contributed by atoms with Gasteiger partial charge in [-0.15, -0.1) is 0 Å². The number of H-pyrrole nitrogens is 1. The number of hydrogen-bond acceptors (Lipinski definition) is 6. The molecule has 2 aromatic heterocycles. The van der Waals surface area contributed by atoms with Gasteiger partial charge in [0.05, 0.1) is 24.8 Å². The Bertz CT molecular complexity index is 1340. The van der Waals surface area contributed by atoms with Crippen LogP contribution in [0.15, 0.2) is 79.3 Å². The molecule has 3 atom stereocenters. The predicted molar refractivity (Wildman–Crippen MR) is 151 cm³/mol. The lowest BCUT2D eigenvalue weighted by Crippen LogP contribution is -2.48. The summed E-state index contributed by atoms with van der Waals surface area (Å²) in [5.74, 6) is 0.643. The lowest BCUT2D eigenvalue weighted by atomic mass is 10.0. The Balaban J connectivity index is 1.29. The van der Waals surface area contributed by atoms with E-state index in [0.717, 1.165) is 34.0 Å². The molecule has 3 N–H and O–H groups in total. The third-order valence-electron chi connectivity index (χ3n) is 7.15. The molecule has 0 bridgehead atoms. The molecule has 8 heteroatoms. The molecule has 0 spiro atoms. The predicted octanol–water partition coefficient (Wildman–Crippen LogP) is 3.67. The van der Waals surface area contributed by atoms with Crippen molar-refractivity contribution in [2.45, 2.75) is 38.0 Å². The van der Waals surface area contributed by atoms with E-state index >= 15 is 0 Å². The van der Waals surface area contributed by atoms with Crippen molar-refractivity contribution in [3.8, 4) is 5.75 Å². The second-order valence-electron chi connectivity index (χ2n) is 10.0. The number of aliphatic hydroxyl groups is 1. The van der Waals surface area contributed by atoms with Crippen LogP contribution in [0.4, 0.5) is 0 Å². The van der Waals surface area contributed by atoms with Crippen molar-refractivity contribution in [2.75, 3.05) is 32.8 Å². The van der Waals surface area contributed by atoms with Crippen LogP contribution in [-0.2, 0) is 22.4 Å². The fourth-order valence-corrected chi connectivity index (χ4v) is 5.01. The molecule has 39 heavy (non-hydrogen) atoms. The second kappa shape index (κ2) is 12.9. The maximum atomic E-state index is 13.5. The van der Waals surface area contributed by atoms with Crippen LogP contribution in [0.5, 0.6) is 5.75 Å². The third-order valence-corrected chi connectivity index (χ3v) is 7.15. The van der Waals surface area contributed by atoms with Gasteiger partial charge in [0.1, 0.15) is 5.75 Å². The average Bonchev–Trinajstić information content (AvgIpc) is 3.40. The molecule has 1 amide bonds. The summed E-state index contributed by atoms with van der Waals surface area (Å²) in [7, 11) is 0. The minimum absolute atomic E-state index is 0.0177. The lowest BCUT2D eigenvalue weighted by Gasteiger charge is -2.30. The number of rotatable bonds is 11. The number of aromatic nitrogens is 2. The molecule has 1 saturated heterocycles. The summed E-state index contributed by atoms with van der Waals surface area (Å²) >= 11 is 0. The van der Waals surface area contributed by atoms with E-state index in [2.05, 4.69) is 28.3 Å². The molecule has 5 rings (SSSR count). The highest BCUT2D eigenvalue weighted by Gasteiger charge is 2.28. The van der Waals surface area contributed by atoms with Gasteiger partial charge in [0, 0.05) is 61.6 Å². The van der Waals surface area contributed by atoms with Gasteiger partial charge in [0.2, 0.25) is 0 Å². The Morgan fingerprint density at radius 3 is 2.69 bits per heavy atom. The zero-order chi connectivity index (χ0) is 27.0. The average molecular weight is 529 g/mol. The van der Waals surface area contributed by atoms with Gasteiger partial charge >= 0.3 is 0 Å². The van der Waals surface area contributed by atoms with Gasteiger partial charge in [0.25, 0.3) is 5.91 Å². The number of nitrogens with zero attached hydrogens (tertiary/aromatic N) is 2. The van der Waals surface area contributed by atoms with Crippen LogP contribution in [0.25, 0.3) is 10.9 Å². The Morgan fingerprint density at radius 1 is 1.10 bits per heavy atom. The Labute approximate surface area is 229 Å². The summed E-state index contributed by atoms with van der Waals surface area (Å²) in [4.78, 5) is 22.8. The molecule has 0 aliphatic carbocycles. The van der Waals surface area contributed by atoms with E-state index in [0.29, 0.717) is 45.0 Å². The number of para-hydroxylation sites is 1. The number of aliphatic hydroxyl groups excluding tert-OH is 1. The molecule has 1 aliphatic rings. The lowest BCUT2D eigenvalue weighted by molar-refractivity contribution is -0.142. The van der Waals surface area contributed by atoms with E-state index in [4.69, 9.17) is 9.47 Å². The van der Waals surface area contributed by atoms with Gasteiger partial charge in [-0.25, -0.2) is 0 Å². The van der Waals surface area contributed by atoms with Gasteiger partial charge in [-0.1, -0.05) is 48.5 Å². The quantitative estimate of drug-likeness (QED) is 0.275. The molecule has 1 aliphatic heterocycles. The van der Waals surface area contributed by atoms with E-state index in [1.54, 1.807) is 12.4 Å². The summed E-state index contributed by atoms with van der Waals surface area (Å²) in [5, 5.41) is 15.0. The molecule has 0 unspecified atom stereocenters. The molecule has 3 heterocycles. The van der Waals surface area contributed by atoms with Crippen LogP contribution in [-0.4, -0.2) is 70.9 Å². The number of amides is 1. The van der Waals surface area contributed by atoms with Crippen molar-refractivity contribution in [3.05, 3.63) is 95.9 Å². The first kappa shape index (κ1) is 26.9. The van der Waals surface area contributed by atoms with E-state index < -0.39 is 12.2 Å². The van der Waals surface area contributed by atoms with E-state index in [9.17, 15) is 9.90 Å². The zero-order valence-electron chi connectivity index (χ0n) is 22.3. The van der Waals surface area contributed by atoms with Crippen LogP contribution in [0, 0.1) is 0 Å². The summed E-state index contributed by atoms with van der Waals surface area (Å²) in [6.07, 6.45) is 5.39.